The summed E-state index contributed by atoms with van der Waals surface area (Å²) in [5, 5.41) is 3.29. The van der Waals surface area contributed by atoms with Crippen LogP contribution >= 0.6 is 0 Å². The Balaban J connectivity index is 1.72. The number of hydrogen-bond donors (Lipinski definition) is 1. The first-order valence-electron chi connectivity index (χ1n) is 6.82. The molecule has 2 rings (SSSR count). The van der Waals surface area contributed by atoms with E-state index >= 15 is 0 Å². The first-order valence-corrected chi connectivity index (χ1v) is 6.82. The maximum atomic E-state index is 12.1. The van der Waals surface area contributed by atoms with Crippen molar-refractivity contribution in [1.29, 1.82) is 0 Å². The minimum Gasteiger partial charge on any atom is -0.381 e. The van der Waals surface area contributed by atoms with Crippen LogP contribution in [0.25, 0.3) is 0 Å². The van der Waals surface area contributed by atoms with Gasteiger partial charge in [0.2, 0.25) is 5.91 Å². The molecule has 0 radical (unpaired) electrons. The zero-order valence-electron chi connectivity index (χ0n) is 10.8. The minimum atomic E-state index is 0.353. The Morgan fingerprint density at radius 3 is 2.47 bits per heavy atom. The zero-order valence-corrected chi connectivity index (χ0v) is 10.8. The van der Waals surface area contributed by atoms with Gasteiger partial charge in [-0.2, -0.15) is 0 Å². The van der Waals surface area contributed by atoms with Gasteiger partial charge in [-0.1, -0.05) is 0 Å². The van der Waals surface area contributed by atoms with Gasteiger partial charge in [0.05, 0.1) is 0 Å². The van der Waals surface area contributed by atoms with Crippen molar-refractivity contribution >= 4 is 5.91 Å². The standard InChI is InChI=1S/C13H24N2O2/c1-14-12-2-6-15(7-3-12)13(16)10-11-4-8-17-9-5-11/h11-12,14H,2-10H2,1H3. The predicted octanol–water partition coefficient (Wildman–Crippen LogP) is 1.01. The van der Waals surface area contributed by atoms with E-state index in [2.05, 4.69) is 5.32 Å². The smallest absolute Gasteiger partial charge is 0.222 e. The Morgan fingerprint density at radius 1 is 1.24 bits per heavy atom. The molecule has 0 aliphatic carbocycles. The van der Waals surface area contributed by atoms with E-state index in [4.69, 9.17) is 4.74 Å². The summed E-state index contributed by atoms with van der Waals surface area (Å²) in [5.41, 5.74) is 0. The third-order valence-corrected chi connectivity index (χ3v) is 4.06. The quantitative estimate of drug-likeness (QED) is 0.800. The van der Waals surface area contributed by atoms with E-state index < -0.39 is 0 Å². The summed E-state index contributed by atoms with van der Waals surface area (Å²) in [6, 6.07) is 0.599. The van der Waals surface area contributed by atoms with Crippen molar-refractivity contribution in [2.45, 2.75) is 38.1 Å². The number of nitrogens with zero attached hydrogens (tertiary/aromatic N) is 1. The van der Waals surface area contributed by atoms with Gasteiger partial charge in [0, 0.05) is 38.8 Å². The van der Waals surface area contributed by atoms with E-state index in [0.717, 1.165) is 58.4 Å². The maximum Gasteiger partial charge on any atom is 0.222 e. The highest BCUT2D eigenvalue weighted by Crippen LogP contribution is 2.20. The van der Waals surface area contributed by atoms with Crippen molar-refractivity contribution in [3.8, 4) is 0 Å². The van der Waals surface area contributed by atoms with Gasteiger partial charge in [0.15, 0.2) is 0 Å². The summed E-state index contributed by atoms with van der Waals surface area (Å²) in [5.74, 6) is 0.907. The lowest BCUT2D eigenvalue weighted by molar-refractivity contribution is -0.134. The topological polar surface area (TPSA) is 41.6 Å². The Kier molecular flexibility index (Phi) is 4.80. The van der Waals surface area contributed by atoms with Gasteiger partial charge in [0.1, 0.15) is 0 Å². The molecule has 0 aromatic rings. The number of rotatable bonds is 3. The molecule has 0 spiro atoms. The largest absolute Gasteiger partial charge is 0.381 e. The second kappa shape index (κ2) is 6.36. The molecule has 98 valence electrons. The highest BCUT2D eigenvalue weighted by molar-refractivity contribution is 5.76. The van der Waals surface area contributed by atoms with Crippen LogP contribution in [0.3, 0.4) is 0 Å². The molecule has 0 aromatic carbocycles. The van der Waals surface area contributed by atoms with Crippen molar-refractivity contribution in [3.05, 3.63) is 0 Å². The maximum absolute atomic E-state index is 12.1. The second-order valence-corrected chi connectivity index (χ2v) is 5.20. The van der Waals surface area contributed by atoms with Gasteiger partial charge in [-0.05, 0) is 38.6 Å². The van der Waals surface area contributed by atoms with E-state index in [-0.39, 0.29) is 0 Å². The summed E-state index contributed by atoms with van der Waals surface area (Å²) >= 11 is 0. The first-order chi connectivity index (χ1) is 8.29. The summed E-state index contributed by atoms with van der Waals surface area (Å²) in [6.45, 7) is 3.51. The van der Waals surface area contributed by atoms with Gasteiger partial charge in [0.25, 0.3) is 0 Å². The molecular formula is C13H24N2O2. The minimum absolute atomic E-state index is 0.353. The third kappa shape index (κ3) is 3.68. The van der Waals surface area contributed by atoms with Crippen LogP contribution in [0.5, 0.6) is 0 Å². The van der Waals surface area contributed by atoms with Crippen LogP contribution in [0.15, 0.2) is 0 Å². The van der Waals surface area contributed by atoms with E-state index in [1.165, 1.54) is 0 Å². The average molecular weight is 240 g/mol. The highest BCUT2D eigenvalue weighted by Gasteiger charge is 2.24. The molecule has 1 amide bonds. The molecule has 4 nitrogen and oxygen atoms in total. The molecule has 0 saturated carbocycles. The number of carbonyl (C=O) groups excluding carboxylic acids is 1. The van der Waals surface area contributed by atoms with Crippen molar-refractivity contribution in [2.75, 3.05) is 33.4 Å². The van der Waals surface area contributed by atoms with E-state index in [1.807, 2.05) is 11.9 Å². The van der Waals surface area contributed by atoms with Gasteiger partial charge in [-0.25, -0.2) is 0 Å². The van der Waals surface area contributed by atoms with Gasteiger partial charge in [-0.3, -0.25) is 4.79 Å². The molecule has 2 heterocycles. The lowest BCUT2D eigenvalue weighted by atomic mass is 9.95. The van der Waals surface area contributed by atoms with Crippen LogP contribution in [0.4, 0.5) is 0 Å². The van der Waals surface area contributed by atoms with E-state index in [0.29, 0.717) is 17.9 Å². The number of ether oxygens (including phenoxy) is 1. The molecule has 2 saturated heterocycles. The molecule has 0 unspecified atom stereocenters. The Hall–Kier alpha value is -0.610. The highest BCUT2D eigenvalue weighted by atomic mass is 16.5. The fourth-order valence-corrected chi connectivity index (χ4v) is 2.74. The lowest BCUT2D eigenvalue weighted by Crippen LogP contribution is -2.44. The van der Waals surface area contributed by atoms with Crippen molar-refractivity contribution in [2.24, 2.45) is 5.92 Å². The van der Waals surface area contributed by atoms with Crippen molar-refractivity contribution < 1.29 is 9.53 Å². The molecular weight excluding hydrogens is 216 g/mol. The summed E-state index contributed by atoms with van der Waals surface area (Å²) in [7, 11) is 2.00. The normalized spacial score (nSPS) is 23.9. The van der Waals surface area contributed by atoms with Crippen molar-refractivity contribution in [3.63, 3.8) is 0 Å². The summed E-state index contributed by atoms with van der Waals surface area (Å²) < 4.78 is 5.32. The number of amides is 1. The fraction of sp³-hybridized carbons (Fsp3) is 0.923. The number of nitrogens with one attached hydrogen (secondary N) is 1. The van der Waals surface area contributed by atoms with Crippen LogP contribution < -0.4 is 5.32 Å². The monoisotopic (exact) mass is 240 g/mol. The van der Waals surface area contributed by atoms with Crippen LogP contribution in [0, 0.1) is 5.92 Å². The Bertz CT molecular complexity index is 244. The number of hydrogen-bond acceptors (Lipinski definition) is 3. The van der Waals surface area contributed by atoms with Gasteiger partial charge >= 0.3 is 0 Å². The molecule has 4 heteroatoms. The Labute approximate surface area is 104 Å². The molecule has 2 aliphatic rings. The zero-order chi connectivity index (χ0) is 12.1. The molecule has 1 N–H and O–H groups in total. The van der Waals surface area contributed by atoms with Crippen LogP contribution in [0.2, 0.25) is 0 Å². The number of likely N-dealkylation sites (tertiary alicyclic amines) is 1. The van der Waals surface area contributed by atoms with E-state index in [9.17, 15) is 4.79 Å². The average Bonchev–Trinajstić information content (AvgIpc) is 2.40. The van der Waals surface area contributed by atoms with Crippen LogP contribution in [-0.4, -0.2) is 50.2 Å². The fourth-order valence-electron chi connectivity index (χ4n) is 2.74. The predicted molar refractivity (Wildman–Crippen MR) is 66.8 cm³/mol. The summed E-state index contributed by atoms with van der Waals surface area (Å²) in [6.07, 6.45) is 5.02. The number of carbonyl (C=O) groups is 1. The third-order valence-electron chi connectivity index (χ3n) is 4.06. The molecule has 2 fully saturated rings. The number of piperidine rings is 1. The van der Waals surface area contributed by atoms with E-state index in [1.54, 1.807) is 0 Å². The lowest BCUT2D eigenvalue weighted by Gasteiger charge is -2.33. The molecule has 0 atom stereocenters. The van der Waals surface area contributed by atoms with Gasteiger partial charge in [-0.15, -0.1) is 0 Å². The summed E-state index contributed by atoms with van der Waals surface area (Å²) in [4.78, 5) is 14.2. The van der Waals surface area contributed by atoms with Crippen molar-refractivity contribution in [1.82, 2.24) is 10.2 Å². The Morgan fingerprint density at radius 2 is 1.88 bits per heavy atom. The second-order valence-electron chi connectivity index (χ2n) is 5.20. The van der Waals surface area contributed by atoms with Crippen LogP contribution in [-0.2, 0) is 9.53 Å². The first kappa shape index (κ1) is 12.8. The molecule has 0 aromatic heterocycles. The molecule has 2 aliphatic heterocycles. The van der Waals surface area contributed by atoms with Gasteiger partial charge < -0.3 is 15.0 Å². The molecule has 17 heavy (non-hydrogen) atoms. The molecule has 0 bridgehead atoms. The SMILES string of the molecule is CNC1CCN(C(=O)CC2CCOCC2)CC1. The van der Waals surface area contributed by atoms with Crippen LogP contribution in [0.1, 0.15) is 32.1 Å².